The SMILES string of the molecule is O/N=C(/c1ccccc1)C(Cl)Cl. The molecule has 0 aliphatic heterocycles. The largest absolute Gasteiger partial charge is 0.411 e. The van der Waals surface area contributed by atoms with Crippen molar-refractivity contribution in [3.05, 3.63) is 35.9 Å². The number of rotatable bonds is 2. The summed E-state index contributed by atoms with van der Waals surface area (Å²) in [6, 6.07) is 9.03. The van der Waals surface area contributed by atoms with Crippen LogP contribution in [0.1, 0.15) is 5.56 Å². The minimum atomic E-state index is -0.808. The van der Waals surface area contributed by atoms with E-state index in [2.05, 4.69) is 5.16 Å². The summed E-state index contributed by atoms with van der Waals surface area (Å²) in [4.78, 5) is -0.808. The number of benzene rings is 1. The van der Waals surface area contributed by atoms with Crippen LogP contribution in [0, 0.1) is 0 Å². The molecule has 1 N–H and O–H groups in total. The molecule has 0 saturated heterocycles. The lowest BCUT2D eigenvalue weighted by atomic mass is 10.1. The van der Waals surface area contributed by atoms with Crippen LogP contribution in [0.5, 0.6) is 0 Å². The highest BCUT2D eigenvalue weighted by atomic mass is 35.5. The summed E-state index contributed by atoms with van der Waals surface area (Å²) < 4.78 is 0. The van der Waals surface area contributed by atoms with Crippen LogP contribution >= 0.6 is 23.2 Å². The van der Waals surface area contributed by atoms with E-state index in [1.165, 1.54) is 0 Å². The van der Waals surface area contributed by atoms with E-state index in [1.807, 2.05) is 18.2 Å². The predicted molar refractivity (Wildman–Crippen MR) is 50.3 cm³/mol. The molecule has 0 aliphatic carbocycles. The van der Waals surface area contributed by atoms with Gasteiger partial charge in [0.25, 0.3) is 0 Å². The molecule has 0 fully saturated rings. The van der Waals surface area contributed by atoms with Crippen molar-refractivity contribution in [2.24, 2.45) is 5.16 Å². The summed E-state index contributed by atoms with van der Waals surface area (Å²) in [6.45, 7) is 0. The highest BCUT2D eigenvalue weighted by Gasteiger charge is 2.11. The van der Waals surface area contributed by atoms with Crippen molar-refractivity contribution < 1.29 is 5.21 Å². The van der Waals surface area contributed by atoms with Crippen molar-refractivity contribution in [1.29, 1.82) is 0 Å². The Kier molecular flexibility index (Phi) is 3.38. The maximum absolute atomic E-state index is 8.57. The third kappa shape index (κ3) is 2.13. The Morgan fingerprint density at radius 3 is 2.25 bits per heavy atom. The molecule has 0 bridgehead atoms. The topological polar surface area (TPSA) is 32.6 Å². The van der Waals surface area contributed by atoms with E-state index in [4.69, 9.17) is 28.4 Å². The summed E-state index contributed by atoms with van der Waals surface area (Å²) in [5.74, 6) is 0. The average molecular weight is 204 g/mol. The van der Waals surface area contributed by atoms with Gasteiger partial charge in [-0.2, -0.15) is 0 Å². The van der Waals surface area contributed by atoms with Gasteiger partial charge in [0.1, 0.15) is 5.71 Å². The van der Waals surface area contributed by atoms with Gasteiger partial charge in [-0.15, -0.1) is 0 Å². The molecule has 2 nitrogen and oxygen atoms in total. The lowest BCUT2D eigenvalue weighted by molar-refractivity contribution is 0.319. The summed E-state index contributed by atoms with van der Waals surface area (Å²) in [5.41, 5.74) is 0.980. The number of hydrogen-bond donors (Lipinski definition) is 1. The molecule has 1 rings (SSSR count). The van der Waals surface area contributed by atoms with Gasteiger partial charge < -0.3 is 5.21 Å². The molecular formula is C8H7Cl2NO. The third-order valence-electron chi connectivity index (χ3n) is 1.38. The van der Waals surface area contributed by atoms with E-state index in [1.54, 1.807) is 12.1 Å². The van der Waals surface area contributed by atoms with Gasteiger partial charge in [-0.3, -0.25) is 0 Å². The molecule has 1 aromatic rings. The van der Waals surface area contributed by atoms with E-state index < -0.39 is 4.84 Å². The zero-order valence-corrected chi connectivity index (χ0v) is 7.63. The Labute approximate surface area is 80.4 Å². The summed E-state index contributed by atoms with van der Waals surface area (Å²) in [5, 5.41) is 11.6. The molecule has 1 aromatic carbocycles. The van der Waals surface area contributed by atoms with Crippen molar-refractivity contribution in [2.75, 3.05) is 0 Å². The minimum Gasteiger partial charge on any atom is -0.411 e. The summed E-state index contributed by atoms with van der Waals surface area (Å²) in [6.07, 6.45) is 0. The average Bonchev–Trinajstić information content (AvgIpc) is 2.07. The molecule has 0 saturated carbocycles. The van der Waals surface area contributed by atoms with Crippen LogP contribution in [0.3, 0.4) is 0 Å². The maximum Gasteiger partial charge on any atom is 0.153 e. The zero-order chi connectivity index (χ0) is 8.97. The molecule has 0 aromatic heterocycles. The van der Waals surface area contributed by atoms with E-state index in [9.17, 15) is 0 Å². The lowest BCUT2D eigenvalue weighted by Crippen LogP contribution is -2.09. The lowest BCUT2D eigenvalue weighted by Gasteiger charge is -2.03. The van der Waals surface area contributed by atoms with Gasteiger partial charge in [-0.05, 0) is 0 Å². The highest BCUT2D eigenvalue weighted by molar-refractivity contribution is 6.56. The standard InChI is InChI=1S/C8H7Cl2NO/c9-8(10)7(11-12)6-4-2-1-3-5-6/h1-5,8,12H/b11-7-. The smallest absolute Gasteiger partial charge is 0.153 e. The van der Waals surface area contributed by atoms with Crippen molar-refractivity contribution in [3.8, 4) is 0 Å². The molecule has 0 unspecified atom stereocenters. The second-order valence-electron chi connectivity index (χ2n) is 2.15. The van der Waals surface area contributed by atoms with Crippen LogP contribution in [-0.2, 0) is 0 Å². The fourth-order valence-electron chi connectivity index (χ4n) is 0.836. The molecular weight excluding hydrogens is 197 g/mol. The summed E-state index contributed by atoms with van der Waals surface area (Å²) >= 11 is 11.1. The number of nitrogens with zero attached hydrogens (tertiary/aromatic N) is 1. The van der Waals surface area contributed by atoms with Gasteiger partial charge >= 0.3 is 0 Å². The Bertz CT molecular complexity index is 272. The minimum absolute atomic E-state index is 0.263. The van der Waals surface area contributed by atoms with Gasteiger partial charge in [-0.1, -0.05) is 58.7 Å². The fourth-order valence-corrected chi connectivity index (χ4v) is 1.18. The van der Waals surface area contributed by atoms with Crippen molar-refractivity contribution in [1.82, 2.24) is 0 Å². The normalized spacial score (nSPS) is 12.1. The molecule has 0 radical (unpaired) electrons. The van der Waals surface area contributed by atoms with Crippen LogP contribution in [-0.4, -0.2) is 15.8 Å². The van der Waals surface area contributed by atoms with Crippen LogP contribution in [0.15, 0.2) is 35.5 Å². The number of oxime groups is 1. The Balaban J connectivity index is 2.97. The Morgan fingerprint density at radius 2 is 1.83 bits per heavy atom. The molecule has 12 heavy (non-hydrogen) atoms. The predicted octanol–water partition coefficient (Wildman–Crippen LogP) is 2.67. The van der Waals surface area contributed by atoms with Crippen molar-refractivity contribution >= 4 is 28.9 Å². The first-order valence-corrected chi connectivity index (χ1v) is 4.18. The number of halogens is 2. The quantitative estimate of drug-likeness (QED) is 0.341. The Morgan fingerprint density at radius 1 is 1.25 bits per heavy atom. The fraction of sp³-hybridized carbons (Fsp3) is 0.125. The first-order chi connectivity index (χ1) is 5.75. The molecule has 0 atom stereocenters. The van der Waals surface area contributed by atoms with E-state index >= 15 is 0 Å². The summed E-state index contributed by atoms with van der Waals surface area (Å²) in [7, 11) is 0. The van der Waals surface area contributed by atoms with Gasteiger partial charge in [0.05, 0.1) is 0 Å². The second kappa shape index (κ2) is 4.33. The van der Waals surface area contributed by atoms with Gasteiger partial charge in [-0.25, -0.2) is 0 Å². The molecule has 64 valence electrons. The van der Waals surface area contributed by atoms with Gasteiger partial charge in [0.2, 0.25) is 0 Å². The third-order valence-corrected chi connectivity index (χ3v) is 1.80. The molecule has 0 spiro atoms. The van der Waals surface area contributed by atoms with Crippen molar-refractivity contribution in [3.63, 3.8) is 0 Å². The monoisotopic (exact) mass is 203 g/mol. The Hall–Kier alpha value is -0.730. The number of hydrogen-bond acceptors (Lipinski definition) is 2. The molecule has 0 heterocycles. The van der Waals surface area contributed by atoms with Crippen LogP contribution in [0.2, 0.25) is 0 Å². The second-order valence-corrected chi connectivity index (χ2v) is 3.25. The van der Waals surface area contributed by atoms with Crippen LogP contribution in [0.25, 0.3) is 0 Å². The van der Waals surface area contributed by atoms with Gasteiger partial charge in [0, 0.05) is 5.56 Å². The first-order valence-electron chi connectivity index (χ1n) is 3.31. The molecule has 4 heteroatoms. The van der Waals surface area contributed by atoms with Crippen LogP contribution in [0.4, 0.5) is 0 Å². The number of alkyl halides is 2. The zero-order valence-electron chi connectivity index (χ0n) is 6.11. The maximum atomic E-state index is 8.57. The first kappa shape index (κ1) is 9.36. The van der Waals surface area contributed by atoms with E-state index in [-0.39, 0.29) is 5.71 Å². The van der Waals surface area contributed by atoms with Crippen molar-refractivity contribution in [2.45, 2.75) is 4.84 Å². The van der Waals surface area contributed by atoms with E-state index in [0.717, 1.165) is 5.56 Å². The van der Waals surface area contributed by atoms with Gasteiger partial charge in [0.15, 0.2) is 4.84 Å². The molecule has 0 amide bonds. The van der Waals surface area contributed by atoms with Crippen LogP contribution < -0.4 is 0 Å². The molecule has 0 aliphatic rings. The van der Waals surface area contributed by atoms with E-state index in [0.29, 0.717) is 0 Å². The highest BCUT2D eigenvalue weighted by Crippen LogP contribution is 2.12.